The SMILES string of the molecule is O=C(NN=Cc1ccc[nH]1)c1ccc2c(c1)OCCO2. The third-order valence-corrected chi connectivity index (χ3v) is 2.80. The fourth-order valence-electron chi connectivity index (χ4n) is 1.83. The lowest BCUT2D eigenvalue weighted by molar-refractivity contribution is 0.0954. The van der Waals surface area contributed by atoms with Crippen LogP contribution in [0.25, 0.3) is 0 Å². The van der Waals surface area contributed by atoms with Crippen LogP contribution < -0.4 is 14.9 Å². The molecule has 0 aliphatic carbocycles. The zero-order valence-corrected chi connectivity index (χ0v) is 10.6. The molecule has 1 aliphatic heterocycles. The second-order valence-corrected chi connectivity index (χ2v) is 4.18. The molecule has 1 aromatic heterocycles. The zero-order valence-electron chi connectivity index (χ0n) is 10.6. The summed E-state index contributed by atoms with van der Waals surface area (Å²) in [5.74, 6) is 0.935. The summed E-state index contributed by atoms with van der Waals surface area (Å²) in [4.78, 5) is 14.9. The van der Waals surface area contributed by atoms with Crippen LogP contribution in [0, 0.1) is 0 Å². The Bertz CT molecular complexity index is 635. The molecule has 1 amide bonds. The molecular formula is C14H13N3O3. The number of ether oxygens (including phenoxy) is 2. The number of H-pyrrole nitrogens is 1. The molecule has 0 bridgehead atoms. The summed E-state index contributed by atoms with van der Waals surface area (Å²) in [6, 6.07) is 8.74. The van der Waals surface area contributed by atoms with Gasteiger partial charge >= 0.3 is 0 Å². The lowest BCUT2D eigenvalue weighted by atomic mass is 10.2. The molecule has 0 saturated carbocycles. The fraction of sp³-hybridized carbons (Fsp3) is 0.143. The number of nitrogens with one attached hydrogen (secondary N) is 2. The van der Waals surface area contributed by atoms with Crippen LogP contribution in [-0.2, 0) is 0 Å². The first kappa shape index (κ1) is 12.3. The first-order valence-electron chi connectivity index (χ1n) is 6.19. The summed E-state index contributed by atoms with van der Waals surface area (Å²) in [7, 11) is 0. The molecule has 2 aromatic rings. The van der Waals surface area contributed by atoms with Crippen LogP contribution >= 0.6 is 0 Å². The number of benzene rings is 1. The Kier molecular flexibility index (Phi) is 3.36. The minimum Gasteiger partial charge on any atom is -0.486 e. The summed E-state index contributed by atoms with van der Waals surface area (Å²) in [6.07, 6.45) is 3.32. The van der Waals surface area contributed by atoms with E-state index in [1.54, 1.807) is 24.4 Å². The predicted molar refractivity (Wildman–Crippen MR) is 73.3 cm³/mol. The molecule has 2 N–H and O–H groups in total. The van der Waals surface area contributed by atoms with Crippen molar-refractivity contribution in [3.8, 4) is 11.5 Å². The van der Waals surface area contributed by atoms with Crippen molar-refractivity contribution in [2.24, 2.45) is 5.10 Å². The number of hydrogen-bond donors (Lipinski definition) is 2. The summed E-state index contributed by atoms with van der Waals surface area (Å²) < 4.78 is 10.8. The van der Waals surface area contributed by atoms with Crippen LogP contribution in [0.2, 0.25) is 0 Å². The van der Waals surface area contributed by atoms with Gasteiger partial charge in [-0.05, 0) is 30.3 Å². The number of aromatic nitrogens is 1. The lowest BCUT2D eigenvalue weighted by Crippen LogP contribution is -2.19. The van der Waals surface area contributed by atoms with Crippen molar-refractivity contribution in [1.29, 1.82) is 0 Å². The fourth-order valence-corrected chi connectivity index (χ4v) is 1.83. The van der Waals surface area contributed by atoms with Crippen LogP contribution in [-0.4, -0.2) is 30.3 Å². The number of hydrazone groups is 1. The molecule has 1 aliphatic rings. The van der Waals surface area contributed by atoms with Crippen LogP contribution in [0.4, 0.5) is 0 Å². The number of aromatic amines is 1. The molecule has 0 unspecified atom stereocenters. The van der Waals surface area contributed by atoms with Crippen molar-refractivity contribution in [3.05, 3.63) is 47.8 Å². The molecule has 2 heterocycles. The highest BCUT2D eigenvalue weighted by Crippen LogP contribution is 2.30. The lowest BCUT2D eigenvalue weighted by Gasteiger charge is -2.18. The number of hydrogen-bond acceptors (Lipinski definition) is 4. The van der Waals surface area contributed by atoms with Gasteiger partial charge in [-0.1, -0.05) is 0 Å². The van der Waals surface area contributed by atoms with Crippen LogP contribution in [0.15, 0.2) is 41.6 Å². The van der Waals surface area contributed by atoms with E-state index in [0.717, 1.165) is 5.69 Å². The molecule has 0 saturated heterocycles. The highest BCUT2D eigenvalue weighted by molar-refractivity contribution is 5.95. The molecule has 0 radical (unpaired) electrons. The minimum atomic E-state index is -0.301. The van der Waals surface area contributed by atoms with E-state index in [0.29, 0.717) is 30.3 Å². The van der Waals surface area contributed by atoms with E-state index in [1.165, 1.54) is 6.21 Å². The number of nitrogens with zero attached hydrogens (tertiary/aromatic N) is 1. The number of carbonyl (C=O) groups is 1. The first-order valence-corrected chi connectivity index (χ1v) is 6.19. The van der Waals surface area contributed by atoms with E-state index in [2.05, 4.69) is 15.5 Å². The van der Waals surface area contributed by atoms with Gasteiger partial charge in [0.2, 0.25) is 0 Å². The molecule has 1 aromatic carbocycles. The van der Waals surface area contributed by atoms with Crippen molar-refractivity contribution in [2.75, 3.05) is 13.2 Å². The molecule has 0 spiro atoms. The van der Waals surface area contributed by atoms with Crippen LogP contribution in [0.1, 0.15) is 16.1 Å². The Labute approximate surface area is 115 Å². The van der Waals surface area contributed by atoms with Crippen molar-refractivity contribution in [3.63, 3.8) is 0 Å². The molecule has 0 atom stereocenters. The van der Waals surface area contributed by atoms with E-state index < -0.39 is 0 Å². The van der Waals surface area contributed by atoms with E-state index in [9.17, 15) is 4.79 Å². The minimum absolute atomic E-state index is 0.301. The second kappa shape index (κ2) is 5.48. The van der Waals surface area contributed by atoms with Crippen molar-refractivity contribution in [2.45, 2.75) is 0 Å². The number of amides is 1. The van der Waals surface area contributed by atoms with Crippen molar-refractivity contribution < 1.29 is 14.3 Å². The third-order valence-electron chi connectivity index (χ3n) is 2.80. The summed E-state index contributed by atoms with van der Waals surface area (Å²) >= 11 is 0. The molecule has 6 heteroatoms. The van der Waals surface area contributed by atoms with Crippen LogP contribution in [0.5, 0.6) is 11.5 Å². The highest BCUT2D eigenvalue weighted by Gasteiger charge is 2.14. The molecule has 20 heavy (non-hydrogen) atoms. The molecule has 3 rings (SSSR count). The van der Waals surface area contributed by atoms with Crippen LogP contribution in [0.3, 0.4) is 0 Å². The molecular weight excluding hydrogens is 258 g/mol. The summed E-state index contributed by atoms with van der Waals surface area (Å²) in [5, 5.41) is 3.87. The van der Waals surface area contributed by atoms with E-state index in [-0.39, 0.29) is 5.91 Å². The maximum atomic E-state index is 11.9. The zero-order chi connectivity index (χ0) is 13.8. The molecule has 0 fully saturated rings. The number of carbonyl (C=O) groups excluding carboxylic acids is 1. The van der Waals surface area contributed by atoms with Gasteiger partial charge in [0.05, 0.1) is 11.9 Å². The Balaban J connectivity index is 1.68. The molecule has 6 nitrogen and oxygen atoms in total. The Morgan fingerprint density at radius 3 is 2.90 bits per heavy atom. The Morgan fingerprint density at radius 1 is 1.25 bits per heavy atom. The van der Waals surface area contributed by atoms with Crippen molar-refractivity contribution >= 4 is 12.1 Å². The van der Waals surface area contributed by atoms with Gasteiger partial charge in [-0.2, -0.15) is 5.10 Å². The van der Waals surface area contributed by atoms with E-state index >= 15 is 0 Å². The topological polar surface area (TPSA) is 75.7 Å². The predicted octanol–water partition coefficient (Wildman–Crippen LogP) is 1.55. The van der Waals surface area contributed by atoms with E-state index in [4.69, 9.17) is 9.47 Å². The standard InChI is InChI=1S/C14H13N3O3/c18-14(17-16-9-11-2-1-5-15-11)10-3-4-12-13(8-10)20-7-6-19-12/h1-5,8-9,15H,6-7H2,(H,17,18). The quantitative estimate of drug-likeness (QED) is 0.657. The highest BCUT2D eigenvalue weighted by atomic mass is 16.6. The smallest absolute Gasteiger partial charge is 0.271 e. The van der Waals surface area contributed by atoms with Gasteiger partial charge in [0.25, 0.3) is 5.91 Å². The maximum Gasteiger partial charge on any atom is 0.271 e. The Hall–Kier alpha value is -2.76. The van der Waals surface area contributed by atoms with Gasteiger partial charge in [0.1, 0.15) is 13.2 Å². The largest absolute Gasteiger partial charge is 0.486 e. The van der Waals surface area contributed by atoms with Gasteiger partial charge in [0, 0.05) is 11.8 Å². The summed E-state index contributed by atoms with van der Waals surface area (Å²) in [5.41, 5.74) is 3.74. The normalized spacial score (nSPS) is 13.4. The maximum absolute atomic E-state index is 11.9. The average molecular weight is 271 g/mol. The van der Waals surface area contributed by atoms with Gasteiger partial charge in [-0.15, -0.1) is 0 Å². The third kappa shape index (κ3) is 2.64. The second-order valence-electron chi connectivity index (χ2n) is 4.18. The first-order chi connectivity index (χ1) is 9.83. The molecule has 102 valence electrons. The monoisotopic (exact) mass is 271 g/mol. The van der Waals surface area contributed by atoms with Gasteiger partial charge in [-0.25, -0.2) is 5.43 Å². The van der Waals surface area contributed by atoms with Gasteiger partial charge in [-0.3, -0.25) is 4.79 Å². The van der Waals surface area contributed by atoms with Crippen molar-refractivity contribution in [1.82, 2.24) is 10.4 Å². The van der Waals surface area contributed by atoms with E-state index in [1.807, 2.05) is 12.1 Å². The number of rotatable bonds is 3. The summed E-state index contributed by atoms with van der Waals surface area (Å²) in [6.45, 7) is 1.02. The number of fused-ring (bicyclic) bond motifs is 1. The average Bonchev–Trinajstić information content (AvgIpc) is 3.00. The Morgan fingerprint density at radius 2 is 2.10 bits per heavy atom. The van der Waals surface area contributed by atoms with Gasteiger partial charge in [0.15, 0.2) is 11.5 Å². The van der Waals surface area contributed by atoms with Gasteiger partial charge < -0.3 is 14.5 Å².